The van der Waals surface area contributed by atoms with Crippen LogP contribution < -0.4 is 5.32 Å². The highest BCUT2D eigenvalue weighted by atomic mass is 31.2. The van der Waals surface area contributed by atoms with Crippen LogP contribution >= 0.6 is 7.82 Å². The zero-order chi connectivity index (χ0) is 59.1. The van der Waals surface area contributed by atoms with Gasteiger partial charge in [0, 0.05) is 6.42 Å². The molecule has 0 aromatic heterocycles. The molecular weight excluding hydrogens is 1020 g/mol. The lowest BCUT2D eigenvalue weighted by atomic mass is 10.0. The molecule has 0 aromatic rings. The number of amides is 1. The minimum absolute atomic E-state index is 0.0493. The molecule has 81 heavy (non-hydrogen) atoms. The molecule has 3 N–H and O–H groups in total. The van der Waals surface area contributed by atoms with Gasteiger partial charge in [-0.05, 0) is 96.3 Å². The smallest absolute Gasteiger partial charge is 0.387 e. The van der Waals surface area contributed by atoms with Crippen molar-refractivity contribution in [3.63, 3.8) is 0 Å². The first kappa shape index (κ1) is 77.6. The van der Waals surface area contributed by atoms with E-state index >= 15 is 0 Å². The Kier molecular flexibility index (Phi) is 58.7. The fraction of sp³-hybridized carbons (Fsp3) is 0.681. The van der Waals surface area contributed by atoms with Crippen LogP contribution in [-0.2, 0) is 18.4 Å². The van der Waals surface area contributed by atoms with E-state index in [-0.39, 0.29) is 19.1 Å². The van der Waals surface area contributed by atoms with Crippen LogP contribution in [0.3, 0.4) is 0 Å². The maximum atomic E-state index is 13.0. The molecule has 0 aliphatic heterocycles. The van der Waals surface area contributed by atoms with Gasteiger partial charge < -0.3 is 19.8 Å². The molecule has 0 fully saturated rings. The Morgan fingerprint density at radius 2 is 0.741 bits per heavy atom. The number of phosphoric acid groups is 1. The SMILES string of the molecule is CC/C=C\C/C=C\C/C=C\C/C=C\C/C=C\C/C=C\C/C=C\C/C=C\C/C=C\C/C=C\CCCCCCC(=O)NC(COP(=O)(O)OCC[N+](C)(C)C)C(O)/C=C/CCCCCCCCCCCCCCCCCCCCCCCC. The molecule has 8 nitrogen and oxygen atoms in total. The summed E-state index contributed by atoms with van der Waals surface area (Å²) in [7, 11) is 1.54. The fourth-order valence-corrected chi connectivity index (χ4v) is 9.75. The first-order valence-corrected chi connectivity index (χ1v) is 34.6. The van der Waals surface area contributed by atoms with Crippen molar-refractivity contribution in [1.82, 2.24) is 5.32 Å². The normalized spacial score (nSPS) is 14.6. The zero-order valence-corrected chi connectivity index (χ0v) is 53.9. The van der Waals surface area contributed by atoms with Crippen LogP contribution in [0, 0.1) is 0 Å². The van der Waals surface area contributed by atoms with E-state index < -0.39 is 20.0 Å². The molecule has 9 heteroatoms. The number of carbonyl (C=O) groups is 1. The highest BCUT2D eigenvalue weighted by Crippen LogP contribution is 2.43. The Morgan fingerprint density at radius 3 is 1.09 bits per heavy atom. The average Bonchev–Trinajstić information content (AvgIpc) is 3.43. The number of nitrogens with zero attached hydrogens (tertiary/aromatic N) is 1. The van der Waals surface area contributed by atoms with Gasteiger partial charge in [0.05, 0.1) is 39.9 Å². The van der Waals surface area contributed by atoms with Crippen molar-refractivity contribution in [3.05, 3.63) is 134 Å². The summed E-state index contributed by atoms with van der Waals surface area (Å²) in [5.41, 5.74) is 0. The minimum atomic E-state index is -4.37. The van der Waals surface area contributed by atoms with Crippen molar-refractivity contribution < 1.29 is 32.9 Å². The Balaban J connectivity index is 4.25. The van der Waals surface area contributed by atoms with Crippen molar-refractivity contribution in [2.24, 2.45) is 0 Å². The summed E-state index contributed by atoms with van der Waals surface area (Å²) >= 11 is 0. The third-order valence-corrected chi connectivity index (χ3v) is 15.1. The number of likely N-dealkylation sites (N-methyl/N-ethyl adjacent to an activating group) is 1. The second-order valence-corrected chi connectivity index (χ2v) is 24.6. The lowest BCUT2D eigenvalue weighted by molar-refractivity contribution is -0.870. The predicted octanol–water partition coefficient (Wildman–Crippen LogP) is 21.0. The standard InChI is InChI=1S/C72H125N2O6P/c1-6-8-10-12-14-16-18-20-22-24-26-28-30-32-33-34-35-36-37-38-39-40-41-42-44-46-48-50-52-54-56-58-60-62-64-66-72(76)73-70(69-80-81(77,78)79-68-67-74(3,4)5)71(75)65-63-61-59-57-55-53-51-49-47-45-43-31-29-27-25-23-21-19-17-15-13-11-9-7-2/h8,10,14,16,20,22,26,28,32-33,35-36,38-39,41-42,46,48,52,54,63,65,70-71,75H,6-7,9,11-13,15,17-19,21,23-25,27,29-31,34,37,40,43-45,47,49-51,53,55-62,64,66-69H2,1-5H3,(H-,73,76,77,78)/p+1/b10-8-,16-14-,22-20-,28-26-,33-32-,36-35-,39-38-,42-41-,48-46-,54-52-,65-63+. The summed E-state index contributed by atoms with van der Waals surface area (Å²) in [5.74, 6) is -0.204. The molecule has 0 saturated carbocycles. The highest BCUT2D eigenvalue weighted by molar-refractivity contribution is 7.47. The molecule has 0 saturated heterocycles. The van der Waals surface area contributed by atoms with Gasteiger partial charge in [0.2, 0.25) is 5.91 Å². The zero-order valence-electron chi connectivity index (χ0n) is 53.0. The van der Waals surface area contributed by atoms with Gasteiger partial charge in [-0.2, -0.15) is 0 Å². The van der Waals surface area contributed by atoms with Crippen LogP contribution in [0.25, 0.3) is 0 Å². The minimum Gasteiger partial charge on any atom is -0.387 e. The van der Waals surface area contributed by atoms with Crippen LogP contribution in [0.2, 0.25) is 0 Å². The van der Waals surface area contributed by atoms with E-state index in [9.17, 15) is 19.4 Å². The number of aliphatic hydroxyl groups excluding tert-OH is 1. The predicted molar refractivity (Wildman–Crippen MR) is 355 cm³/mol. The Morgan fingerprint density at radius 1 is 0.432 bits per heavy atom. The second-order valence-electron chi connectivity index (χ2n) is 23.1. The second kappa shape index (κ2) is 61.2. The number of unbranched alkanes of at least 4 members (excludes halogenated alkanes) is 26. The summed E-state index contributed by atoms with van der Waals surface area (Å²) in [6.07, 6.45) is 92.9. The van der Waals surface area contributed by atoms with E-state index in [4.69, 9.17) is 9.05 Å². The summed E-state index contributed by atoms with van der Waals surface area (Å²) in [6.45, 7) is 4.69. The number of rotatable bonds is 59. The lowest BCUT2D eigenvalue weighted by Gasteiger charge is -2.25. The van der Waals surface area contributed by atoms with Gasteiger partial charge in [-0.3, -0.25) is 13.8 Å². The van der Waals surface area contributed by atoms with Gasteiger partial charge in [-0.1, -0.05) is 295 Å². The summed E-state index contributed by atoms with van der Waals surface area (Å²) < 4.78 is 23.8. The van der Waals surface area contributed by atoms with Crippen molar-refractivity contribution in [2.75, 3.05) is 40.9 Å². The number of aliphatic hydroxyl groups is 1. The molecule has 0 bridgehead atoms. The quantitative estimate of drug-likeness (QED) is 0.0243. The summed E-state index contributed by atoms with van der Waals surface area (Å²) in [6, 6.07) is -0.872. The first-order valence-electron chi connectivity index (χ1n) is 33.1. The number of carbonyl (C=O) groups excluding carboxylic acids is 1. The van der Waals surface area contributed by atoms with E-state index in [0.29, 0.717) is 17.4 Å². The molecule has 464 valence electrons. The molecule has 0 heterocycles. The monoisotopic (exact) mass is 1150 g/mol. The molecule has 0 aliphatic rings. The molecule has 0 aromatic carbocycles. The van der Waals surface area contributed by atoms with E-state index in [0.717, 1.165) is 116 Å². The Hall–Kier alpha value is -3.36. The van der Waals surface area contributed by atoms with Crippen LogP contribution in [0.15, 0.2) is 134 Å². The fourth-order valence-electron chi connectivity index (χ4n) is 9.01. The topological polar surface area (TPSA) is 105 Å². The number of phosphoric ester groups is 1. The summed E-state index contributed by atoms with van der Waals surface area (Å²) in [5, 5.41) is 14.0. The first-order chi connectivity index (χ1) is 39.5. The largest absolute Gasteiger partial charge is 0.472 e. The lowest BCUT2D eigenvalue weighted by Crippen LogP contribution is -2.45. The molecule has 0 aliphatic carbocycles. The molecule has 3 atom stereocenters. The highest BCUT2D eigenvalue weighted by Gasteiger charge is 2.27. The van der Waals surface area contributed by atoms with E-state index in [1.54, 1.807) is 6.08 Å². The Bertz CT molecular complexity index is 1780. The number of quaternary nitrogens is 1. The molecule has 0 radical (unpaired) electrons. The van der Waals surface area contributed by atoms with Gasteiger partial charge in [0.15, 0.2) is 0 Å². The number of hydrogen-bond donors (Lipinski definition) is 3. The van der Waals surface area contributed by atoms with Gasteiger partial charge in [-0.15, -0.1) is 0 Å². The van der Waals surface area contributed by atoms with Crippen LogP contribution in [0.5, 0.6) is 0 Å². The third kappa shape index (κ3) is 64.1. The summed E-state index contributed by atoms with van der Waals surface area (Å²) in [4.78, 5) is 23.4. The molecular formula is C72H126N2O6P+. The number of allylic oxidation sites excluding steroid dienone is 21. The van der Waals surface area contributed by atoms with Crippen LogP contribution in [-0.4, -0.2) is 73.4 Å². The number of hydrogen-bond acceptors (Lipinski definition) is 5. The molecule has 0 spiro atoms. The Labute approximate surface area is 500 Å². The van der Waals surface area contributed by atoms with Crippen molar-refractivity contribution in [2.45, 2.75) is 276 Å². The maximum Gasteiger partial charge on any atom is 0.472 e. The molecule has 3 unspecified atom stereocenters. The van der Waals surface area contributed by atoms with Crippen molar-refractivity contribution >= 4 is 13.7 Å². The van der Waals surface area contributed by atoms with E-state index in [2.05, 4.69) is 141 Å². The van der Waals surface area contributed by atoms with Gasteiger partial charge in [-0.25, -0.2) is 4.57 Å². The van der Waals surface area contributed by atoms with Gasteiger partial charge in [0.25, 0.3) is 0 Å². The van der Waals surface area contributed by atoms with Crippen LogP contribution in [0.4, 0.5) is 0 Å². The average molecular weight is 1150 g/mol. The van der Waals surface area contributed by atoms with Crippen LogP contribution in [0.1, 0.15) is 264 Å². The van der Waals surface area contributed by atoms with Gasteiger partial charge >= 0.3 is 7.82 Å². The third-order valence-electron chi connectivity index (χ3n) is 14.1. The number of nitrogens with one attached hydrogen (secondary N) is 1. The molecule has 1 amide bonds. The maximum absolute atomic E-state index is 13.0. The van der Waals surface area contributed by atoms with Crippen molar-refractivity contribution in [1.29, 1.82) is 0 Å². The van der Waals surface area contributed by atoms with Gasteiger partial charge in [0.1, 0.15) is 13.2 Å². The molecule has 0 rings (SSSR count). The van der Waals surface area contributed by atoms with E-state index in [1.807, 2.05) is 27.2 Å². The van der Waals surface area contributed by atoms with Crippen molar-refractivity contribution in [3.8, 4) is 0 Å². The van der Waals surface area contributed by atoms with E-state index in [1.165, 1.54) is 128 Å².